The number of hydrogen-bond acceptors (Lipinski definition) is 4. The fourth-order valence-electron chi connectivity index (χ4n) is 1.99. The lowest BCUT2D eigenvalue weighted by Crippen LogP contribution is -2.32. The van der Waals surface area contributed by atoms with E-state index in [9.17, 15) is 0 Å². The minimum absolute atomic E-state index is 0.0109. The Morgan fingerprint density at radius 3 is 2.83 bits per heavy atom. The van der Waals surface area contributed by atoms with Crippen molar-refractivity contribution in [1.82, 2.24) is 15.1 Å². The van der Waals surface area contributed by atoms with E-state index in [1.807, 2.05) is 25.6 Å². The van der Waals surface area contributed by atoms with Gasteiger partial charge in [-0.05, 0) is 20.9 Å². The first-order chi connectivity index (χ1) is 8.65. The number of nitrogens with zero attached hydrogens (tertiary/aromatic N) is 2. The van der Waals surface area contributed by atoms with E-state index in [2.05, 4.69) is 10.4 Å². The molecule has 0 bridgehead atoms. The normalized spacial score (nSPS) is 14.7. The van der Waals surface area contributed by atoms with Crippen LogP contribution in [0.2, 0.25) is 5.02 Å². The molecule has 0 saturated carbocycles. The SMILES string of the molecule is CCOC(C)C(NC)c1c(Cl)cnn1CCOC. The Hall–Kier alpha value is -0.620. The van der Waals surface area contributed by atoms with Crippen LogP contribution in [0.1, 0.15) is 25.6 Å². The van der Waals surface area contributed by atoms with Crippen molar-refractivity contribution in [1.29, 1.82) is 0 Å². The standard InChI is InChI=1S/C12H22ClN3O2/c1-5-18-9(2)11(14-3)12-10(13)8-15-16(12)6-7-17-4/h8-9,11,14H,5-7H2,1-4H3. The Balaban J connectivity index is 2.92. The van der Waals surface area contributed by atoms with Crippen LogP contribution in [0.5, 0.6) is 0 Å². The predicted molar refractivity (Wildman–Crippen MR) is 72.0 cm³/mol. The Labute approximate surface area is 113 Å². The van der Waals surface area contributed by atoms with Crippen molar-refractivity contribution in [2.45, 2.75) is 32.5 Å². The van der Waals surface area contributed by atoms with Crippen molar-refractivity contribution in [3.63, 3.8) is 0 Å². The van der Waals surface area contributed by atoms with Gasteiger partial charge in [-0.15, -0.1) is 0 Å². The van der Waals surface area contributed by atoms with Crippen molar-refractivity contribution in [2.24, 2.45) is 0 Å². The van der Waals surface area contributed by atoms with E-state index in [1.165, 1.54) is 0 Å². The van der Waals surface area contributed by atoms with Crippen LogP contribution in [-0.4, -0.2) is 43.3 Å². The van der Waals surface area contributed by atoms with Crippen LogP contribution in [0.15, 0.2) is 6.20 Å². The van der Waals surface area contributed by atoms with E-state index in [0.717, 1.165) is 5.69 Å². The second-order valence-electron chi connectivity index (χ2n) is 4.02. The van der Waals surface area contributed by atoms with Crippen LogP contribution in [0, 0.1) is 0 Å². The number of methoxy groups -OCH3 is 1. The predicted octanol–water partition coefficient (Wildman–Crippen LogP) is 1.87. The lowest BCUT2D eigenvalue weighted by molar-refractivity contribution is 0.0465. The lowest BCUT2D eigenvalue weighted by Gasteiger charge is -2.24. The third kappa shape index (κ3) is 3.68. The summed E-state index contributed by atoms with van der Waals surface area (Å²) in [5.41, 5.74) is 0.942. The van der Waals surface area contributed by atoms with Crippen molar-refractivity contribution in [2.75, 3.05) is 27.4 Å². The minimum Gasteiger partial charge on any atom is -0.383 e. The molecule has 0 radical (unpaired) electrons. The molecule has 18 heavy (non-hydrogen) atoms. The second kappa shape index (κ2) is 7.74. The van der Waals surface area contributed by atoms with Crippen LogP contribution in [0.3, 0.4) is 0 Å². The Morgan fingerprint density at radius 1 is 1.56 bits per heavy atom. The highest BCUT2D eigenvalue weighted by atomic mass is 35.5. The van der Waals surface area contributed by atoms with Gasteiger partial charge in [-0.25, -0.2) is 0 Å². The zero-order valence-corrected chi connectivity index (χ0v) is 12.2. The summed E-state index contributed by atoms with van der Waals surface area (Å²) in [7, 11) is 3.56. The number of aromatic nitrogens is 2. The van der Waals surface area contributed by atoms with Gasteiger partial charge < -0.3 is 14.8 Å². The van der Waals surface area contributed by atoms with Crippen LogP contribution in [0.25, 0.3) is 0 Å². The maximum atomic E-state index is 6.22. The summed E-state index contributed by atoms with van der Waals surface area (Å²) >= 11 is 6.22. The molecule has 0 fully saturated rings. The van der Waals surface area contributed by atoms with Crippen molar-refractivity contribution in [3.8, 4) is 0 Å². The molecule has 5 nitrogen and oxygen atoms in total. The Kier molecular flexibility index (Phi) is 6.63. The van der Waals surface area contributed by atoms with Crippen molar-refractivity contribution < 1.29 is 9.47 Å². The first-order valence-electron chi connectivity index (χ1n) is 6.14. The highest BCUT2D eigenvalue weighted by Gasteiger charge is 2.24. The molecule has 1 aromatic rings. The number of likely N-dealkylation sites (N-methyl/N-ethyl adjacent to an activating group) is 1. The van der Waals surface area contributed by atoms with E-state index in [0.29, 0.717) is 24.8 Å². The van der Waals surface area contributed by atoms with Gasteiger partial charge in [0.25, 0.3) is 0 Å². The minimum atomic E-state index is 0.0109. The number of rotatable bonds is 8. The second-order valence-corrected chi connectivity index (χ2v) is 4.43. The quantitative estimate of drug-likeness (QED) is 0.787. The lowest BCUT2D eigenvalue weighted by atomic mass is 10.1. The van der Waals surface area contributed by atoms with Gasteiger partial charge in [0, 0.05) is 13.7 Å². The molecule has 1 rings (SSSR count). The third-order valence-electron chi connectivity index (χ3n) is 2.85. The monoisotopic (exact) mass is 275 g/mol. The molecule has 0 aliphatic heterocycles. The summed E-state index contributed by atoms with van der Waals surface area (Å²) in [6, 6.07) is 0.0109. The van der Waals surface area contributed by atoms with Gasteiger partial charge in [0.1, 0.15) is 0 Å². The fraction of sp³-hybridized carbons (Fsp3) is 0.750. The summed E-state index contributed by atoms with van der Waals surface area (Å²) in [6.45, 7) is 5.95. The highest BCUT2D eigenvalue weighted by Crippen LogP contribution is 2.26. The molecule has 0 saturated heterocycles. The van der Waals surface area contributed by atoms with E-state index in [-0.39, 0.29) is 12.1 Å². The first kappa shape index (κ1) is 15.4. The Bertz CT molecular complexity index is 357. The van der Waals surface area contributed by atoms with E-state index >= 15 is 0 Å². The van der Waals surface area contributed by atoms with Gasteiger partial charge in [-0.3, -0.25) is 4.68 Å². The molecular weight excluding hydrogens is 254 g/mol. The van der Waals surface area contributed by atoms with Gasteiger partial charge in [0.05, 0.1) is 42.2 Å². The molecule has 1 heterocycles. The molecule has 104 valence electrons. The van der Waals surface area contributed by atoms with Crippen molar-refractivity contribution >= 4 is 11.6 Å². The third-order valence-corrected chi connectivity index (χ3v) is 3.14. The topological polar surface area (TPSA) is 48.3 Å². The largest absolute Gasteiger partial charge is 0.383 e. The summed E-state index contributed by atoms with van der Waals surface area (Å²) in [5, 5.41) is 8.16. The smallest absolute Gasteiger partial charge is 0.0835 e. The highest BCUT2D eigenvalue weighted by molar-refractivity contribution is 6.31. The zero-order valence-electron chi connectivity index (χ0n) is 11.4. The summed E-state index contributed by atoms with van der Waals surface area (Å²) < 4.78 is 12.6. The molecule has 0 aliphatic rings. The number of halogens is 1. The van der Waals surface area contributed by atoms with Gasteiger partial charge in [-0.1, -0.05) is 11.6 Å². The molecule has 2 atom stereocenters. The van der Waals surface area contributed by atoms with E-state index in [4.69, 9.17) is 21.1 Å². The van der Waals surface area contributed by atoms with Gasteiger partial charge in [-0.2, -0.15) is 5.10 Å². The molecule has 0 spiro atoms. The van der Waals surface area contributed by atoms with Crippen LogP contribution < -0.4 is 5.32 Å². The molecule has 2 unspecified atom stereocenters. The Morgan fingerprint density at radius 2 is 2.28 bits per heavy atom. The zero-order chi connectivity index (χ0) is 13.5. The molecular formula is C12H22ClN3O2. The van der Waals surface area contributed by atoms with Gasteiger partial charge in [0.2, 0.25) is 0 Å². The number of nitrogens with one attached hydrogen (secondary N) is 1. The molecule has 6 heteroatoms. The van der Waals surface area contributed by atoms with Crippen molar-refractivity contribution in [3.05, 3.63) is 16.9 Å². The maximum Gasteiger partial charge on any atom is 0.0835 e. The molecule has 1 aromatic heterocycles. The summed E-state index contributed by atoms with van der Waals surface area (Å²) in [5.74, 6) is 0. The average Bonchev–Trinajstić information content (AvgIpc) is 2.70. The van der Waals surface area contributed by atoms with Crippen LogP contribution >= 0.6 is 11.6 Å². The molecule has 0 aromatic carbocycles. The molecule has 0 aliphatic carbocycles. The molecule has 0 amide bonds. The van der Waals surface area contributed by atoms with Gasteiger partial charge in [0.15, 0.2) is 0 Å². The van der Waals surface area contributed by atoms with Crippen LogP contribution in [-0.2, 0) is 16.0 Å². The van der Waals surface area contributed by atoms with E-state index in [1.54, 1.807) is 13.3 Å². The fourth-order valence-corrected chi connectivity index (χ4v) is 2.25. The molecule has 1 N–H and O–H groups in total. The van der Waals surface area contributed by atoms with E-state index < -0.39 is 0 Å². The maximum absolute atomic E-state index is 6.22. The summed E-state index contributed by atoms with van der Waals surface area (Å²) in [4.78, 5) is 0. The summed E-state index contributed by atoms with van der Waals surface area (Å²) in [6.07, 6.45) is 1.69. The number of hydrogen-bond donors (Lipinski definition) is 1. The number of ether oxygens (including phenoxy) is 2. The average molecular weight is 276 g/mol. The first-order valence-corrected chi connectivity index (χ1v) is 6.52. The van der Waals surface area contributed by atoms with Crippen LogP contribution in [0.4, 0.5) is 0 Å². The van der Waals surface area contributed by atoms with Gasteiger partial charge >= 0.3 is 0 Å².